The third-order valence-corrected chi connectivity index (χ3v) is 6.88. The molecule has 29 heavy (non-hydrogen) atoms. The highest BCUT2D eigenvalue weighted by molar-refractivity contribution is 7.63. The van der Waals surface area contributed by atoms with Crippen molar-refractivity contribution >= 4 is 41.2 Å². The Morgan fingerprint density at radius 2 is 2.00 bits per heavy atom. The Kier molecular flexibility index (Phi) is 6.63. The maximum Gasteiger partial charge on any atom is 0.746 e. The van der Waals surface area contributed by atoms with Crippen molar-refractivity contribution in [3.8, 4) is 0 Å². The van der Waals surface area contributed by atoms with Crippen LogP contribution in [0.5, 0.6) is 0 Å². The van der Waals surface area contributed by atoms with Crippen molar-refractivity contribution in [2.45, 2.75) is 24.5 Å². The number of aliphatic hydroxyl groups excluding tert-OH is 2. The van der Waals surface area contributed by atoms with Crippen LogP contribution in [0.2, 0.25) is 0 Å². The van der Waals surface area contributed by atoms with Crippen LogP contribution in [0.1, 0.15) is 6.23 Å². The van der Waals surface area contributed by atoms with E-state index in [2.05, 4.69) is 19.3 Å². The van der Waals surface area contributed by atoms with Crippen LogP contribution in [0.4, 0.5) is 5.82 Å². The fourth-order valence-electron chi connectivity index (χ4n) is 2.50. The van der Waals surface area contributed by atoms with Gasteiger partial charge in [-0.2, -0.15) is 0 Å². The van der Waals surface area contributed by atoms with Crippen LogP contribution in [0, 0.1) is 0 Å². The molecule has 0 aromatic carbocycles. The molecule has 158 valence electrons. The predicted molar refractivity (Wildman–Crippen MR) is 93.1 cm³/mol. The molecule has 19 heteroatoms. The Balaban J connectivity index is 1.62. The zero-order valence-corrected chi connectivity index (χ0v) is 16.8. The highest BCUT2D eigenvalue weighted by Gasteiger charge is 2.48. The lowest BCUT2D eigenvalue weighted by molar-refractivity contribution is -0.0474. The van der Waals surface area contributed by atoms with Crippen molar-refractivity contribution in [3.05, 3.63) is 12.7 Å². The maximum atomic E-state index is 11.6. The number of aromatic nitrogens is 4. The normalized spacial score (nSPS) is 26.1. The summed E-state index contributed by atoms with van der Waals surface area (Å²) in [4.78, 5) is 30.2. The Labute approximate surface area is 163 Å². The van der Waals surface area contributed by atoms with Gasteiger partial charge in [-0.25, -0.2) is 19.5 Å². The van der Waals surface area contributed by atoms with E-state index in [1.807, 2.05) is 0 Å². The molecule has 1 aliphatic heterocycles. The summed E-state index contributed by atoms with van der Waals surface area (Å²) in [7, 11) is -11.1. The number of ether oxygens (including phenoxy) is 1. The van der Waals surface area contributed by atoms with Crippen LogP contribution in [-0.2, 0) is 27.3 Å². The molecule has 2 unspecified atom stereocenters. The number of hydrogen-bond donors (Lipinski definition) is 6. The van der Waals surface area contributed by atoms with Crippen molar-refractivity contribution in [3.63, 3.8) is 0 Å². The third kappa shape index (κ3) is 5.15. The molecule has 6 atom stereocenters. The van der Waals surface area contributed by atoms with Gasteiger partial charge in [-0.3, -0.25) is 4.57 Å². The molecular weight excluding hydrogens is 457 g/mol. The van der Waals surface area contributed by atoms with E-state index in [0.29, 0.717) is 0 Å². The number of nitrogen functional groups attached to an aromatic ring is 1. The molecule has 1 aliphatic rings. The summed E-state index contributed by atoms with van der Waals surface area (Å²) in [6.45, 7) is -0.563. The molecule has 2 aromatic rings. The molecule has 0 spiro atoms. The van der Waals surface area contributed by atoms with Crippen LogP contribution < -0.4 is 10.6 Å². The number of imidazole rings is 1. The number of rotatable bonds is 8. The summed E-state index contributed by atoms with van der Waals surface area (Å²) in [5, 5.41) is 20.4. The summed E-state index contributed by atoms with van der Waals surface area (Å²) in [5.41, 5.74) is 6.19. The van der Waals surface area contributed by atoms with Gasteiger partial charge in [0.15, 0.2) is 22.0 Å². The van der Waals surface area contributed by atoms with Gasteiger partial charge >= 0.3 is 24.2 Å². The number of anilines is 1. The van der Waals surface area contributed by atoms with Crippen LogP contribution in [0.3, 0.4) is 0 Å². The molecule has 0 aliphatic carbocycles. The molecule has 1 saturated heterocycles. The zero-order chi connectivity index (χ0) is 21.3. The number of nitrogens with one attached hydrogen (secondary N) is 1. The quantitative estimate of drug-likeness (QED) is 0.254. The van der Waals surface area contributed by atoms with Gasteiger partial charge in [-0.15, -0.1) is 4.52 Å². The fraction of sp³-hybridized carbons (Fsp3) is 0.500. The first-order chi connectivity index (χ1) is 13.6. The smallest absolute Gasteiger partial charge is 0.387 e. The molecule has 0 radical (unpaired) electrons. The van der Waals surface area contributed by atoms with Gasteiger partial charge in [0, 0.05) is 9.42 Å². The van der Waals surface area contributed by atoms with Crippen LogP contribution in [0.25, 0.3) is 11.2 Å². The van der Waals surface area contributed by atoms with E-state index in [1.54, 1.807) is 0 Å². The number of aliphatic hydroxyl groups is 2. The first-order valence-electron chi connectivity index (χ1n) is 7.60. The molecule has 3 rings (SSSR count). The van der Waals surface area contributed by atoms with Crippen molar-refractivity contribution in [1.82, 2.24) is 24.4 Å². The predicted octanol–water partition coefficient (Wildman–Crippen LogP) is -0.942. The van der Waals surface area contributed by atoms with E-state index in [4.69, 9.17) is 24.8 Å². The van der Waals surface area contributed by atoms with Gasteiger partial charge in [-0.1, -0.05) is 0 Å². The average Bonchev–Trinajstić information content (AvgIpc) is 3.15. The lowest BCUT2D eigenvalue weighted by Gasteiger charge is -2.16. The third-order valence-electron chi connectivity index (χ3n) is 3.70. The molecule has 16 nitrogen and oxygen atoms in total. The second-order valence-electron chi connectivity index (χ2n) is 5.63. The van der Waals surface area contributed by atoms with E-state index in [0.717, 1.165) is 0 Å². The first-order valence-corrected chi connectivity index (χ1v) is 11.5. The summed E-state index contributed by atoms with van der Waals surface area (Å²) >= 11 is 0. The fourth-order valence-corrected chi connectivity index (χ4v) is 4.76. The van der Waals surface area contributed by atoms with Crippen LogP contribution >= 0.6 is 24.2 Å². The number of nitrogens with zero attached hydrogens (tertiary/aromatic N) is 4. The van der Waals surface area contributed by atoms with Crippen molar-refractivity contribution < 1.29 is 47.3 Å². The highest BCUT2D eigenvalue weighted by Crippen LogP contribution is 2.44. The Morgan fingerprint density at radius 1 is 1.28 bits per heavy atom. The van der Waals surface area contributed by atoms with E-state index < -0.39 is 55.3 Å². The molecule has 2 aromatic heterocycles. The van der Waals surface area contributed by atoms with E-state index in [1.165, 1.54) is 22.1 Å². The molecule has 7 N–H and O–H groups in total. The number of fused-ring (bicyclic) bond motifs is 1. The van der Waals surface area contributed by atoms with Gasteiger partial charge in [0.2, 0.25) is 0 Å². The second-order valence-corrected chi connectivity index (χ2v) is 9.39. The van der Waals surface area contributed by atoms with E-state index in [-0.39, 0.29) is 17.0 Å². The van der Waals surface area contributed by atoms with E-state index in [9.17, 15) is 23.9 Å². The molecule has 0 amide bonds. The molecule has 3 heterocycles. The molecule has 1 fully saturated rings. The average molecular weight is 472 g/mol. The van der Waals surface area contributed by atoms with E-state index >= 15 is 0 Å². The molecular formula is C10H15N6O10P3+2. The Hall–Kier alpha value is -1.54. The number of nitrogens with two attached hydrogens (primary N) is 1. The highest BCUT2D eigenvalue weighted by atomic mass is 31.2. The first kappa shape index (κ1) is 22.2. The minimum atomic E-state index is -4.86. The summed E-state index contributed by atoms with van der Waals surface area (Å²) in [6.07, 6.45) is -2.76. The largest absolute Gasteiger partial charge is 0.746 e. The van der Waals surface area contributed by atoms with Crippen LogP contribution in [0.15, 0.2) is 12.7 Å². The summed E-state index contributed by atoms with van der Waals surface area (Å²) in [6, 6.07) is 0. The standard InChI is InChI=1S/C10H13N6O10P3/c11-8-5-9(13-2-12-8)16(3-14-5)10-7(18)6(17)4(25-10)1-24-28(20)26-27(19)15-29(21,22)23/h2-4,6-7,10,17-18H,1H2,(H3-2,11,12,13,15,19,21,22,23)/p+2/t4-,6-,7-,10-/m1/s1. The Morgan fingerprint density at radius 3 is 2.69 bits per heavy atom. The van der Waals surface area contributed by atoms with Gasteiger partial charge in [0.1, 0.15) is 36.8 Å². The van der Waals surface area contributed by atoms with Gasteiger partial charge < -0.3 is 30.5 Å². The van der Waals surface area contributed by atoms with Crippen LogP contribution in [-0.4, -0.2) is 64.4 Å². The zero-order valence-electron chi connectivity index (χ0n) is 14.1. The van der Waals surface area contributed by atoms with Gasteiger partial charge in [-0.05, 0) is 4.57 Å². The van der Waals surface area contributed by atoms with Gasteiger partial charge in [0.05, 0.1) is 6.33 Å². The summed E-state index contributed by atoms with van der Waals surface area (Å²) in [5.74, 6) is 0.105. The topological polar surface area (TPSA) is 241 Å². The van der Waals surface area contributed by atoms with Gasteiger partial charge in [0.25, 0.3) is 0 Å². The van der Waals surface area contributed by atoms with Crippen molar-refractivity contribution in [1.29, 1.82) is 0 Å². The second kappa shape index (κ2) is 8.68. The van der Waals surface area contributed by atoms with Crippen molar-refractivity contribution in [2.75, 3.05) is 12.3 Å². The van der Waals surface area contributed by atoms with Crippen molar-refractivity contribution in [2.24, 2.45) is 0 Å². The SMILES string of the molecule is Nc1ncnc2c1ncn2[C@@H]1O[C@H](CO[P+](=O)O[P+](=O)NP(=O)(O)O)[C@@H](O)[C@H]1O. The Bertz CT molecular complexity index is 982. The number of hydrogen-bond acceptors (Lipinski definition) is 12. The minimum absolute atomic E-state index is 0.105. The molecule has 0 bridgehead atoms. The summed E-state index contributed by atoms with van der Waals surface area (Å²) < 4.78 is 49.3. The lowest BCUT2D eigenvalue weighted by atomic mass is 10.1. The molecule has 0 saturated carbocycles. The monoisotopic (exact) mass is 472 g/mol. The lowest BCUT2D eigenvalue weighted by Crippen LogP contribution is -2.33. The maximum absolute atomic E-state index is 11.6. The minimum Gasteiger partial charge on any atom is -0.387 e.